The summed E-state index contributed by atoms with van der Waals surface area (Å²) < 4.78 is 0. The highest BCUT2D eigenvalue weighted by Gasteiger charge is 2.55. The Morgan fingerprint density at radius 1 is 0.793 bits per heavy atom. The molecule has 9 unspecified atom stereocenters. The van der Waals surface area contributed by atoms with Crippen molar-refractivity contribution in [2.24, 2.45) is 59.0 Å². The number of allylic oxidation sites excluding steroid dienone is 4. The lowest BCUT2D eigenvalue weighted by atomic mass is 9.48. The first-order chi connectivity index (χ1) is 28.4. The molecule has 0 heterocycles. The van der Waals surface area contributed by atoms with E-state index < -0.39 is 11.9 Å². The number of aliphatic hydroxyl groups excluding tert-OH is 1. The van der Waals surface area contributed by atoms with Crippen molar-refractivity contribution in [3.05, 3.63) is 138 Å². The minimum atomic E-state index is -0.725. The molecule has 310 valence electrons. The van der Waals surface area contributed by atoms with E-state index in [4.69, 9.17) is 5.73 Å². The van der Waals surface area contributed by atoms with E-state index in [1.54, 1.807) is 6.07 Å². The van der Waals surface area contributed by atoms with E-state index in [1.165, 1.54) is 49.7 Å². The molecule has 5 heteroatoms. The van der Waals surface area contributed by atoms with Gasteiger partial charge in [-0.25, -0.2) is 0 Å². The number of benzene rings is 3. The summed E-state index contributed by atoms with van der Waals surface area (Å²) in [6, 6.07) is 27.1. The van der Waals surface area contributed by atoms with Gasteiger partial charge < -0.3 is 21.1 Å². The zero-order chi connectivity index (χ0) is 40.3. The number of nitrogens with two attached hydrogens (primary N) is 1. The minimum absolute atomic E-state index is 0.0535. The van der Waals surface area contributed by atoms with Crippen LogP contribution in [-0.4, -0.2) is 27.8 Å². The van der Waals surface area contributed by atoms with Gasteiger partial charge in [-0.2, -0.15) is 0 Å². The van der Waals surface area contributed by atoms with Gasteiger partial charge in [-0.15, -0.1) is 0 Å². The Morgan fingerprint density at radius 3 is 2.33 bits per heavy atom. The molecule has 0 bridgehead atoms. The standard InChI is InChI=1S/C53H69NO4/c54-36-45-26-28-48(52(57)58)51-49(53(46-21-8-3-9-22-46)30-12-20-42(35-53)32-41-18-11-23-47(56)34-41)29-27-44(50(45)51)33-40(25-24-39-17-10-19-43(31-39)37-55)16-7-2-6-15-38-13-4-1-5-14-38/h2-3,7-11,17-19,21-23,26-29,31,34,38,40,42,44-45,48-51,55-56H,1,4-6,12-16,20,24-25,30,32-33,35-37,54H2,(H,57,58). The normalized spacial score (nSPS) is 29.3. The summed E-state index contributed by atoms with van der Waals surface area (Å²) in [6.45, 7) is 0.567. The molecular weight excluding hydrogens is 715 g/mol. The maximum absolute atomic E-state index is 13.4. The van der Waals surface area contributed by atoms with Crippen LogP contribution >= 0.6 is 0 Å². The highest BCUT2D eigenvalue weighted by molar-refractivity contribution is 5.73. The second-order valence-electron chi connectivity index (χ2n) is 18.6. The number of hydrogen-bond donors (Lipinski definition) is 4. The number of phenols is 1. The van der Waals surface area contributed by atoms with Crippen LogP contribution in [0.25, 0.3) is 0 Å². The quantitative estimate of drug-likeness (QED) is 0.102. The third-order valence-electron chi connectivity index (χ3n) is 15.0. The average Bonchev–Trinajstić information content (AvgIpc) is 3.25. The molecule has 0 spiro atoms. The number of aliphatic hydroxyl groups is 1. The molecule has 5 N–H and O–H groups in total. The fraction of sp³-hybridized carbons (Fsp3) is 0.528. The fourth-order valence-corrected chi connectivity index (χ4v) is 12.2. The van der Waals surface area contributed by atoms with Crippen LogP contribution in [0.5, 0.6) is 5.75 Å². The lowest BCUT2D eigenvalue weighted by molar-refractivity contribution is -0.145. The second-order valence-corrected chi connectivity index (χ2v) is 18.6. The number of hydrogen-bond acceptors (Lipinski definition) is 4. The average molecular weight is 784 g/mol. The fourth-order valence-electron chi connectivity index (χ4n) is 12.2. The summed E-state index contributed by atoms with van der Waals surface area (Å²) >= 11 is 0. The molecule has 58 heavy (non-hydrogen) atoms. The third-order valence-corrected chi connectivity index (χ3v) is 15.0. The molecule has 0 amide bonds. The van der Waals surface area contributed by atoms with Crippen LogP contribution in [0, 0.1) is 53.3 Å². The van der Waals surface area contributed by atoms with Gasteiger partial charge in [0.2, 0.25) is 0 Å². The summed E-state index contributed by atoms with van der Waals surface area (Å²) in [5.74, 6) is 1.22. The van der Waals surface area contributed by atoms with Crippen molar-refractivity contribution in [1.29, 1.82) is 0 Å². The zero-order valence-corrected chi connectivity index (χ0v) is 34.7. The molecule has 5 nitrogen and oxygen atoms in total. The van der Waals surface area contributed by atoms with Crippen molar-refractivity contribution >= 4 is 5.97 Å². The summed E-state index contributed by atoms with van der Waals surface area (Å²) in [6.07, 6.45) is 32.6. The molecular formula is C53H69NO4. The second kappa shape index (κ2) is 20.4. The highest BCUT2D eigenvalue weighted by Crippen LogP contribution is 2.58. The van der Waals surface area contributed by atoms with E-state index in [0.717, 1.165) is 81.3 Å². The number of phenolic OH excluding ortho intramolecular Hbond substituents is 1. The Kier molecular flexibility index (Phi) is 14.8. The van der Waals surface area contributed by atoms with E-state index >= 15 is 0 Å². The van der Waals surface area contributed by atoms with E-state index in [9.17, 15) is 20.1 Å². The van der Waals surface area contributed by atoms with Crippen LogP contribution in [-0.2, 0) is 29.7 Å². The number of carbonyl (C=O) groups is 1. The van der Waals surface area contributed by atoms with Crippen LogP contribution in [0.4, 0.5) is 0 Å². The summed E-state index contributed by atoms with van der Waals surface area (Å²) in [5.41, 5.74) is 11.2. The molecule has 4 aliphatic rings. The lowest BCUT2D eigenvalue weighted by Gasteiger charge is -2.56. The molecule has 9 atom stereocenters. The molecule has 0 radical (unpaired) electrons. The van der Waals surface area contributed by atoms with Crippen LogP contribution in [0.2, 0.25) is 0 Å². The molecule has 3 aromatic carbocycles. The van der Waals surface area contributed by atoms with Gasteiger partial charge >= 0.3 is 5.97 Å². The molecule has 0 aliphatic heterocycles. The van der Waals surface area contributed by atoms with E-state index in [1.807, 2.05) is 24.3 Å². The van der Waals surface area contributed by atoms with Gasteiger partial charge in [0, 0.05) is 5.41 Å². The molecule has 4 aliphatic carbocycles. The van der Waals surface area contributed by atoms with Crippen LogP contribution in [0.15, 0.2) is 115 Å². The lowest BCUT2D eigenvalue weighted by Crippen LogP contribution is -2.53. The van der Waals surface area contributed by atoms with Gasteiger partial charge in [-0.3, -0.25) is 4.79 Å². The van der Waals surface area contributed by atoms with Crippen molar-refractivity contribution in [1.82, 2.24) is 0 Å². The van der Waals surface area contributed by atoms with Crippen molar-refractivity contribution in [3.63, 3.8) is 0 Å². The Hall–Kier alpha value is -3.93. The van der Waals surface area contributed by atoms with Gasteiger partial charge in [0.25, 0.3) is 0 Å². The predicted octanol–water partition coefficient (Wildman–Crippen LogP) is 11.4. The van der Waals surface area contributed by atoms with Crippen LogP contribution in [0.3, 0.4) is 0 Å². The first-order valence-electron chi connectivity index (χ1n) is 22.8. The zero-order valence-electron chi connectivity index (χ0n) is 34.7. The number of fused-ring (bicyclic) bond motifs is 1. The predicted molar refractivity (Wildman–Crippen MR) is 236 cm³/mol. The Bertz CT molecular complexity index is 1840. The SMILES string of the molecule is NCC1C=CC(C(=O)O)C2C1C(CC(CC=CCCC1CCCCC1)CCc1cccc(CO)c1)C=CC2C1(c2ccccc2)CCCC(Cc2cccc(O)c2)C1. The van der Waals surface area contributed by atoms with Gasteiger partial charge in [-0.1, -0.05) is 148 Å². The summed E-state index contributed by atoms with van der Waals surface area (Å²) in [5, 5.41) is 31.2. The summed E-state index contributed by atoms with van der Waals surface area (Å²) in [4.78, 5) is 13.4. The van der Waals surface area contributed by atoms with Crippen molar-refractivity contribution < 1.29 is 20.1 Å². The Balaban J connectivity index is 1.20. The summed E-state index contributed by atoms with van der Waals surface area (Å²) in [7, 11) is 0. The van der Waals surface area contributed by atoms with Crippen LogP contribution in [0.1, 0.15) is 112 Å². The number of carboxylic acids is 1. The number of aromatic hydroxyl groups is 1. The Morgan fingerprint density at radius 2 is 1.55 bits per heavy atom. The molecule has 2 saturated carbocycles. The van der Waals surface area contributed by atoms with Crippen molar-refractivity contribution in [2.45, 2.75) is 115 Å². The number of rotatable bonds is 17. The van der Waals surface area contributed by atoms with E-state index in [0.29, 0.717) is 24.1 Å². The van der Waals surface area contributed by atoms with Crippen molar-refractivity contribution in [2.75, 3.05) is 6.54 Å². The number of aliphatic carboxylic acids is 1. The van der Waals surface area contributed by atoms with Gasteiger partial charge in [0.1, 0.15) is 5.75 Å². The first kappa shape index (κ1) is 42.2. The molecule has 7 rings (SSSR count). The maximum atomic E-state index is 13.4. The first-order valence-corrected chi connectivity index (χ1v) is 22.8. The maximum Gasteiger partial charge on any atom is 0.310 e. The Labute approximate surface area is 348 Å². The number of carboxylic acid groups (broad SMARTS) is 1. The monoisotopic (exact) mass is 784 g/mol. The number of aryl methyl sites for hydroxylation is 1. The third kappa shape index (κ3) is 10.3. The van der Waals surface area contributed by atoms with Gasteiger partial charge in [0.15, 0.2) is 0 Å². The van der Waals surface area contributed by atoms with E-state index in [-0.39, 0.29) is 41.6 Å². The van der Waals surface area contributed by atoms with Crippen molar-refractivity contribution in [3.8, 4) is 5.75 Å². The van der Waals surface area contributed by atoms with Crippen LogP contribution < -0.4 is 5.73 Å². The smallest absolute Gasteiger partial charge is 0.310 e. The molecule has 2 fully saturated rings. The minimum Gasteiger partial charge on any atom is -0.508 e. The topological polar surface area (TPSA) is 104 Å². The highest BCUT2D eigenvalue weighted by atomic mass is 16.4. The van der Waals surface area contributed by atoms with E-state index in [2.05, 4.69) is 85.0 Å². The van der Waals surface area contributed by atoms with Gasteiger partial charge in [0.05, 0.1) is 12.5 Å². The molecule has 0 saturated heterocycles. The molecule has 3 aromatic rings. The van der Waals surface area contributed by atoms with Gasteiger partial charge in [-0.05, 0) is 146 Å². The molecule has 0 aromatic heterocycles. The largest absolute Gasteiger partial charge is 0.508 e.